The summed E-state index contributed by atoms with van der Waals surface area (Å²) in [4.78, 5) is 28.5. The fourth-order valence-corrected chi connectivity index (χ4v) is 3.97. The van der Waals surface area contributed by atoms with Crippen molar-refractivity contribution in [2.45, 2.75) is 26.2 Å². The summed E-state index contributed by atoms with van der Waals surface area (Å²) in [6.45, 7) is 4.78. The van der Waals surface area contributed by atoms with Gasteiger partial charge in [0.2, 0.25) is 5.91 Å². The topological polar surface area (TPSA) is 49.9 Å². The number of likely N-dealkylation sites (tertiary alicyclic amines) is 2. The molecular weight excluding hydrogens is 323 g/mol. The summed E-state index contributed by atoms with van der Waals surface area (Å²) in [5, 5.41) is 0. The van der Waals surface area contributed by atoms with Crippen LogP contribution >= 0.6 is 0 Å². The van der Waals surface area contributed by atoms with Gasteiger partial charge in [-0.3, -0.25) is 9.59 Å². The third-order valence-electron chi connectivity index (χ3n) is 5.52. The molecular formula is C19H25FN2O3. The summed E-state index contributed by atoms with van der Waals surface area (Å²) in [5.41, 5.74) is 0.779. The van der Waals surface area contributed by atoms with Crippen molar-refractivity contribution < 1.29 is 18.7 Å². The molecule has 0 saturated carbocycles. The SMILES string of the molecule is COCCN1CC2(CCN(C(=O)c3c(C)cccc3F)CC2)CC1=O. The fraction of sp³-hybridized carbons (Fsp3) is 0.579. The fourth-order valence-electron chi connectivity index (χ4n) is 3.97. The number of hydrogen-bond donors (Lipinski definition) is 0. The van der Waals surface area contributed by atoms with Crippen molar-refractivity contribution in [1.29, 1.82) is 0 Å². The Morgan fingerprint density at radius 1 is 1.32 bits per heavy atom. The molecule has 2 aliphatic rings. The number of nitrogens with zero attached hydrogens (tertiary/aromatic N) is 2. The van der Waals surface area contributed by atoms with Crippen LogP contribution in [-0.4, -0.2) is 61.5 Å². The van der Waals surface area contributed by atoms with Crippen molar-refractivity contribution in [1.82, 2.24) is 9.80 Å². The number of aryl methyl sites for hydroxylation is 1. The second-order valence-corrected chi connectivity index (χ2v) is 7.21. The van der Waals surface area contributed by atoms with E-state index in [9.17, 15) is 14.0 Å². The van der Waals surface area contributed by atoms with E-state index in [4.69, 9.17) is 4.74 Å². The summed E-state index contributed by atoms with van der Waals surface area (Å²) in [5.74, 6) is -0.542. The van der Waals surface area contributed by atoms with Gasteiger partial charge in [-0.1, -0.05) is 12.1 Å². The molecule has 0 atom stereocenters. The predicted molar refractivity (Wildman–Crippen MR) is 91.8 cm³/mol. The van der Waals surface area contributed by atoms with Crippen LogP contribution in [0.5, 0.6) is 0 Å². The first-order chi connectivity index (χ1) is 12.0. The lowest BCUT2D eigenvalue weighted by molar-refractivity contribution is -0.128. The third kappa shape index (κ3) is 3.54. The van der Waals surface area contributed by atoms with Crippen molar-refractivity contribution >= 4 is 11.8 Å². The van der Waals surface area contributed by atoms with Gasteiger partial charge in [0.15, 0.2) is 0 Å². The van der Waals surface area contributed by atoms with Gasteiger partial charge in [-0.15, -0.1) is 0 Å². The standard InChI is InChI=1S/C19H25FN2O3/c1-14-4-3-5-15(20)17(14)18(24)21-8-6-19(7-9-21)12-16(23)22(13-19)10-11-25-2/h3-5H,6-13H2,1-2H3. The zero-order valence-electron chi connectivity index (χ0n) is 14.9. The van der Waals surface area contributed by atoms with Crippen LogP contribution in [0.2, 0.25) is 0 Å². The van der Waals surface area contributed by atoms with Crippen LogP contribution in [0.25, 0.3) is 0 Å². The van der Waals surface area contributed by atoms with E-state index >= 15 is 0 Å². The van der Waals surface area contributed by atoms with Gasteiger partial charge in [-0.2, -0.15) is 0 Å². The van der Waals surface area contributed by atoms with Crippen LogP contribution < -0.4 is 0 Å². The van der Waals surface area contributed by atoms with E-state index in [0.29, 0.717) is 38.2 Å². The Labute approximate surface area is 147 Å². The number of halogens is 1. The average molecular weight is 348 g/mol. The molecule has 0 aromatic heterocycles. The average Bonchev–Trinajstić information content (AvgIpc) is 2.88. The quantitative estimate of drug-likeness (QED) is 0.838. The van der Waals surface area contributed by atoms with Gasteiger partial charge in [0.25, 0.3) is 5.91 Å². The molecule has 0 N–H and O–H groups in total. The molecule has 2 saturated heterocycles. The van der Waals surface area contributed by atoms with Crippen LogP contribution in [0, 0.1) is 18.2 Å². The number of carbonyl (C=O) groups excluding carboxylic acids is 2. The lowest BCUT2D eigenvalue weighted by Crippen LogP contribution is -2.44. The molecule has 1 aromatic carbocycles. The van der Waals surface area contributed by atoms with Crippen LogP contribution in [0.1, 0.15) is 35.2 Å². The van der Waals surface area contributed by atoms with E-state index in [1.807, 2.05) is 4.90 Å². The van der Waals surface area contributed by atoms with Gasteiger partial charge in [0.1, 0.15) is 5.82 Å². The lowest BCUT2D eigenvalue weighted by Gasteiger charge is -2.39. The van der Waals surface area contributed by atoms with Crippen LogP contribution in [0.4, 0.5) is 4.39 Å². The second-order valence-electron chi connectivity index (χ2n) is 7.21. The molecule has 2 amide bonds. The molecule has 0 radical (unpaired) electrons. The number of hydrogen-bond acceptors (Lipinski definition) is 3. The molecule has 136 valence electrons. The maximum Gasteiger partial charge on any atom is 0.257 e. The first-order valence-corrected chi connectivity index (χ1v) is 8.77. The highest BCUT2D eigenvalue weighted by molar-refractivity contribution is 5.96. The first-order valence-electron chi connectivity index (χ1n) is 8.77. The summed E-state index contributed by atoms with van der Waals surface area (Å²) in [7, 11) is 1.63. The Morgan fingerprint density at radius 3 is 2.68 bits per heavy atom. The van der Waals surface area contributed by atoms with Gasteiger partial charge in [-0.05, 0) is 31.4 Å². The Balaban J connectivity index is 1.64. The van der Waals surface area contributed by atoms with Crippen molar-refractivity contribution in [2.24, 2.45) is 5.41 Å². The van der Waals surface area contributed by atoms with Crippen LogP contribution in [0.3, 0.4) is 0 Å². The van der Waals surface area contributed by atoms with E-state index in [0.717, 1.165) is 19.4 Å². The Morgan fingerprint density at radius 2 is 2.04 bits per heavy atom. The van der Waals surface area contributed by atoms with Crippen molar-refractivity contribution in [3.8, 4) is 0 Å². The number of rotatable bonds is 4. The van der Waals surface area contributed by atoms with Crippen LogP contribution in [0.15, 0.2) is 18.2 Å². The van der Waals surface area contributed by atoms with Crippen molar-refractivity contribution in [3.63, 3.8) is 0 Å². The first kappa shape index (κ1) is 17.9. The van der Waals surface area contributed by atoms with E-state index in [1.165, 1.54) is 6.07 Å². The highest BCUT2D eigenvalue weighted by Crippen LogP contribution is 2.41. The minimum absolute atomic E-state index is 0.0497. The normalized spacial score (nSPS) is 19.7. The second kappa shape index (κ2) is 7.12. The summed E-state index contributed by atoms with van der Waals surface area (Å²) >= 11 is 0. The number of benzene rings is 1. The Bertz CT molecular complexity index is 648. The summed E-state index contributed by atoms with van der Waals surface area (Å²) in [6.07, 6.45) is 2.10. The molecule has 6 heteroatoms. The minimum Gasteiger partial charge on any atom is -0.383 e. The number of methoxy groups -OCH3 is 1. The molecule has 3 rings (SSSR count). The molecule has 0 unspecified atom stereocenters. The third-order valence-corrected chi connectivity index (χ3v) is 5.52. The maximum atomic E-state index is 14.1. The molecule has 2 heterocycles. The van der Waals surface area contributed by atoms with E-state index < -0.39 is 5.82 Å². The molecule has 5 nitrogen and oxygen atoms in total. The van der Waals surface area contributed by atoms with E-state index in [1.54, 1.807) is 31.1 Å². The molecule has 2 aliphatic heterocycles. The van der Waals surface area contributed by atoms with Crippen LogP contribution in [-0.2, 0) is 9.53 Å². The van der Waals surface area contributed by atoms with Gasteiger partial charge >= 0.3 is 0 Å². The molecule has 25 heavy (non-hydrogen) atoms. The highest BCUT2D eigenvalue weighted by atomic mass is 19.1. The minimum atomic E-state index is -0.466. The largest absolute Gasteiger partial charge is 0.383 e. The van der Waals surface area contributed by atoms with Gasteiger partial charge in [0, 0.05) is 45.1 Å². The van der Waals surface area contributed by atoms with Gasteiger partial charge < -0.3 is 14.5 Å². The lowest BCUT2D eigenvalue weighted by atomic mass is 9.77. The number of ether oxygens (including phenoxy) is 1. The molecule has 1 spiro atoms. The van der Waals surface area contributed by atoms with Crippen molar-refractivity contribution in [2.75, 3.05) is 39.9 Å². The van der Waals surface area contributed by atoms with E-state index in [2.05, 4.69) is 0 Å². The summed E-state index contributed by atoms with van der Waals surface area (Å²) < 4.78 is 19.1. The number of piperidine rings is 1. The maximum absolute atomic E-state index is 14.1. The molecule has 0 aliphatic carbocycles. The van der Waals surface area contributed by atoms with E-state index in [-0.39, 0.29) is 22.8 Å². The Kier molecular flexibility index (Phi) is 5.08. The Hall–Kier alpha value is -1.95. The van der Waals surface area contributed by atoms with Crippen molar-refractivity contribution in [3.05, 3.63) is 35.1 Å². The highest BCUT2D eigenvalue weighted by Gasteiger charge is 2.45. The summed E-state index contributed by atoms with van der Waals surface area (Å²) in [6, 6.07) is 4.70. The number of carbonyl (C=O) groups is 2. The van der Waals surface area contributed by atoms with Gasteiger partial charge in [0.05, 0.1) is 12.2 Å². The predicted octanol–water partition coefficient (Wildman–Crippen LogP) is 2.24. The zero-order chi connectivity index (χ0) is 18.0. The van der Waals surface area contributed by atoms with Gasteiger partial charge in [-0.25, -0.2) is 4.39 Å². The monoisotopic (exact) mass is 348 g/mol. The zero-order valence-corrected chi connectivity index (χ0v) is 14.9. The number of amides is 2. The molecule has 1 aromatic rings. The molecule has 2 fully saturated rings. The smallest absolute Gasteiger partial charge is 0.257 e. The molecule has 0 bridgehead atoms.